The van der Waals surface area contributed by atoms with E-state index in [1.165, 1.54) is 5.56 Å². The molecule has 0 spiro atoms. The van der Waals surface area contributed by atoms with Crippen molar-refractivity contribution in [2.24, 2.45) is 5.92 Å². The van der Waals surface area contributed by atoms with Gasteiger partial charge in [-0.05, 0) is 30.9 Å². The average molecular weight is 314 g/mol. The van der Waals surface area contributed by atoms with Gasteiger partial charge in [0.2, 0.25) is 0 Å². The van der Waals surface area contributed by atoms with Gasteiger partial charge in [-0.3, -0.25) is 0 Å². The number of halogens is 1. The van der Waals surface area contributed by atoms with Crippen LogP contribution in [-0.4, -0.2) is 13.2 Å². The molecule has 1 unspecified atom stereocenters. The molecule has 0 amide bonds. The van der Waals surface area contributed by atoms with Crippen molar-refractivity contribution in [3.05, 3.63) is 28.2 Å². The Morgan fingerprint density at radius 2 is 2.33 bits per heavy atom. The molecule has 1 aromatic carbocycles. The Labute approximate surface area is 117 Å². The molecule has 1 aromatic rings. The van der Waals surface area contributed by atoms with E-state index in [1.807, 2.05) is 12.1 Å². The Morgan fingerprint density at radius 1 is 1.50 bits per heavy atom. The molecule has 0 saturated heterocycles. The van der Waals surface area contributed by atoms with Crippen molar-refractivity contribution in [3.63, 3.8) is 0 Å². The molecule has 0 fully saturated rings. The standard InChI is InChI=1S/C14H20BrNO2/c1-10(2)9-18-16-13-4-3-7-17-14-8-11(15)5-6-12(13)14/h5-6,8,10,13,16H,3-4,7,9H2,1-2H3. The maximum atomic E-state index is 5.76. The molecule has 1 heterocycles. The van der Waals surface area contributed by atoms with Crippen LogP contribution in [0.2, 0.25) is 0 Å². The predicted octanol–water partition coefficient (Wildman–Crippen LogP) is 3.84. The van der Waals surface area contributed by atoms with Gasteiger partial charge in [-0.2, -0.15) is 5.48 Å². The van der Waals surface area contributed by atoms with Gasteiger partial charge >= 0.3 is 0 Å². The minimum atomic E-state index is 0.217. The minimum Gasteiger partial charge on any atom is -0.493 e. The van der Waals surface area contributed by atoms with Crippen LogP contribution in [0.1, 0.15) is 38.3 Å². The summed E-state index contributed by atoms with van der Waals surface area (Å²) in [4.78, 5) is 5.56. The summed E-state index contributed by atoms with van der Waals surface area (Å²) in [5, 5.41) is 0. The monoisotopic (exact) mass is 313 g/mol. The van der Waals surface area contributed by atoms with E-state index in [0.29, 0.717) is 5.92 Å². The molecule has 1 aliphatic rings. The summed E-state index contributed by atoms with van der Waals surface area (Å²) < 4.78 is 6.81. The Hall–Kier alpha value is -0.580. The number of hydrogen-bond acceptors (Lipinski definition) is 3. The molecule has 100 valence electrons. The molecule has 2 rings (SSSR count). The summed E-state index contributed by atoms with van der Waals surface area (Å²) in [5.41, 5.74) is 4.35. The highest BCUT2D eigenvalue weighted by atomic mass is 79.9. The van der Waals surface area contributed by atoms with E-state index in [-0.39, 0.29) is 6.04 Å². The van der Waals surface area contributed by atoms with Gasteiger partial charge in [0.25, 0.3) is 0 Å². The summed E-state index contributed by atoms with van der Waals surface area (Å²) in [6.45, 7) is 5.78. The zero-order valence-corrected chi connectivity index (χ0v) is 12.5. The summed E-state index contributed by atoms with van der Waals surface area (Å²) in [6.07, 6.45) is 2.07. The molecule has 18 heavy (non-hydrogen) atoms. The minimum absolute atomic E-state index is 0.217. The topological polar surface area (TPSA) is 30.5 Å². The van der Waals surface area contributed by atoms with E-state index in [9.17, 15) is 0 Å². The SMILES string of the molecule is CC(C)CONC1CCCOc2cc(Br)ccc21. The van der Waals surface area contributed by atoms with Crippen molar-refractivity contribution in [2.45, 2.75) is 32.7 Å². The molecule has 0 saturated carbocycles. The highest BCUT2D eigenvalue weighted by Gasteiger charge is 2.20. The van der Waals surface area contributed by atoms with Crippen LogP contribution in [0.25, 0.3) is 0 Å². The maximum Gasteiger partial charge on any atom is 0.125 e. The third kappa shape index (κ3) is 3.70. The number of ether oxygens (including phenoxy) is 1. The van der Waals surface area contributed by atoms with Crippen LogP contribution in [0.3, 0.4) is 0 Å². The fraction of sp³-hybridized carbons (Fsp3) is 0.571. The molecular weight excluding hydrogens is 294 g/mol. The van der Waals surface area contributed by atoms with Crippen LogP contribution in [-0.2, 0) is 4.84 Å². The van der Waals surface area contributed by atoms with Crippen LogP contribution < -0.4 is 10.2 Å². The number of hydrogen-bond donors (Lipinski definition) is 1. The van der Waals surface area contributed by atoms with Gasteiger partial charge in [0.15, 0.2) is 0 Å². The molecule has 4 heteroatoms. The second-order valence-corrected chi connectivity index (χ2v) is 5.96. The smallest absolute Gasteiger partial charge is 0.125 e. The third-order valence-electron chi connectivity index (χ3n) is 2.89. The number of rotatable bonds is 4. The van der Waals surface area contributed by atoms with E-state index >= 15 is 0 Å². The van der Waals surface area contributed by atoms with Gasteiger partial charge in [-0.15, -0.1) is 0 Å². The van der Waals surface area contributed by atoms with Crippen LogP contribution in [0.5, 0.6) is 5.75 Å². The predicted molar refractivity (Wildman–Crippen MR) is 75.5 cm³/mol. The van der Waals surface area contributed by atoms with E-state index < -0.39 is 0 Å². The lowest BCUT2D eigenvalue weighted by atomic mass is 10.0. The van der Waals surface area contributed by atoms with Crippen molar-refractivity contribution >= 4 is 15.9 Å². The fourth-order valence-corrected chi connectivity index (χ4v) is 2.32. The van der Waals surface area contributed by atoms with Crippen LogP contribution in [0, 0.1) is 5.92 Å². The van der Waals surface area contributed by atoms with Crippen molar-refractivity contribution < 1.29 is 9.57 Å². The van der Waals surface area contributed by atoms with Crippen LogP contribution in [0.15, 0.2) is 22.7 Å². The Morgan fingerprint density at radius 3 is 3.11 bits per heavy atom. The molecule has 1 aliphatic heterocycles. The molecule has 0 radical (unpaired) electrons. The molecular formula is C14H20BrNO2. The molecule has 0 aromatic heterocycles. The van der Waals surface area contributed by atoms with Crippen molar-refractivity contribution in [2.75, 3.05) is 13.2 Å². The Kier molecular flexibility index (Phi) is 5.03. The van der Waals surface area contributed by atoms with Crippen molar-refractivity contribution in [1.82, 2.24) is 5.48 Å². The van der Waals surface area contributed by atoms with Gasteiger partial charge in [0.1, 0.15) is 5.75 Å². The first-order chi connectivity index (χ1) is 8.66. The highest BCUT2D eigenvalue weighted by Crippen LogP contribution is 2.33. The molecule has 0 bridgehead atoms. The molecule has 1 N–H and O–H groups in total. The Bertz CT molecular complexity index is 395. The first-order valence-corrected chi connectivity index (χ1v) is 7.25. The lowest BCUT2D eigenvalue weighted by Crippen LogP contribution is -2.23. The summed E-state index contributed by atoms with van der Waals surface area (Å²) in [5.74, 6) is 1.48. The average Bonchev–Trinajstić information content (AvgIpc) is 2.51. The summed E-state index contributed by atoms with van der Waals surface area (Å²) in [7, 11) is 0. The second-order valence-electron chi connectivity index (χ2n) is 5.05. The van der Waals surface area contributed by atoms with Crippen molar-refractivity contribution in [1.29, 1.82) is 0 Å². The second kappa shape index (κ2) is 6.55. The van der Waals surface area contributed by atoms with Gasteiger partial charge in [0, 0.05) is 10.0 Å². The first-order valence-electron chi connectivity index (χ1n) is 6.46. The first kappa shape index (κ1) is 13.8. The molecule has 0 aliphatic carbocycles. The highest BCUT2D eigenvalue weighted by molar-refractivity contribution is 9.10. The number of fused-ring (bicyclic) bond motifs is 1. The maximum absolute atomic E-state index is 5.76. The van der Waals surface area contributed by atoms with E-state index in [4.69, 9.17) is 9.57 Å². The van der Waals surface area contributed by atoms with Gasteiger partial charge < -0.3 is 9.57 Å². The van der Waals surface area contributed by atoms with E-state index in [0.717, 1.165) is 36.3 Å². The number of hydroxylamine groups is 1. The van der Waals surface area contributed by atoms with Gasteiger partial charge in [-0.1, -0.05) is 35.8 Å². The normalized spacial score (nSPS) is 19.2. The fourth-order valence-electron chi connectivity index (χ4n) is 1.98. The summed E-state index contributed by atoms with van der Waals surface area (Å²) >= 11 is 3.48. The van der Waals surface area contributed by atoms with Crippen molar-refractivity contribution in [3.8, 4) is 5.75 Å². The zero-order valence-electron chi connectivity index (χ0n) is 10.9. The molecule has 3 nitrogen and oxygen atoms in total. The quantitative estimate of drug-likeness (QED) is 0.857. The van der Waals surface area contributed by atoms with Crippen LogP contribution >= 0.6 is 15.9 Å². The van der Waals surface area contributed by atoms with E-state index in [1.54, 1.807) is 0 Å². The van der Waals surface area contributed by atoms with E-state index in [2.05, 4.69) is 41.3 Å². The van der Waals surface area contributed by atoms with Gasteiger partial charge in [-0.25, -0.2) is 0 Å². The molecule has 1 atom stereocenters. The largest absolute Gasteiger partial charge is 0.493 e. The van der Waals surface area contributed by atoms with Gasteiger partial charge in [0.05, 0.1) is 19.3 Å². The lowest BCUT2D eigenvalue weighted by molar-refractivity contribution is -0.00142. The number of nitrogens with one attached hydrogen (secondary N) is 1. The number of benzene rings is 1. The Balaban J connectivity index is 2.07. The van der Waals surface area contributed by atoms with Crippen LogP contribution in [0.4, 0.5) is 0 Å². The zero-order chi connectivity index (χ0) is 13.0. The lowest BCUT2D eigenvalue weighted by Gasteiger charge is -2.19. The third-order valence-corrected chi connectivity index (χ3v) is 3.38. The summed E-state index contributed by atoms with van der Waals surface area (Å²) in [6, 6.07) is 6.39.